The van der Waals surface area contributed by atoms with E-state index in [0.717, 1.165) is 12.8 Å². The van der Waals surface area contributed by atoms with Gasteiger partial charge in [0.15, 0.2) is 0 Å². The van der Waals surface area contributed by atoms with E-state index >= 15 is 0 Å². The Morgan fingerprint density at radius 1 is 0.216 bits per heavy atom. The Bertz CT molecular complexity index is 4280. The van der Waals surface area contributed by atoms with E-state index in [2.05, 4.69) is 210 Å². The summed E-state index contributed by atoms with van der Waals surface area (Å²) < 4.78 is 0. The zero-order valence-electron chi connectivity index (χ0n) is 49.7. The van der Waals surface area contributed by atoms with Gasteiger partial charge in [0.2, 0.25) is 0 Å². The lowest BCUT2D eigenvalue weighted by atomic mass is 10.0. The smallest absolute Gasteiger partial charge is 0.0528 e. The van der Waals surface area contributed by atoms with Gasteiger partial charge in [-0.3, -0.25) is 0 Å². The van der Waals surface area contributed by atoms with Gasteiger partial charge in [0.25, 0.3) is 0 Å². The van der Waals surface area contributed by atoms with Crippen LogP contribution in [0.15, 0.2) is 182 Å². The van der Waals surface area contributed by atoms with Crippen LogP contribution < -0.4 is 0 Å². The summed E-state index contributed by atoms with van der Waals surface area (Å²) in [5.41, 5.74) is 7.88. The highest BCUT2D eigenvalue weighted by Gasteiger charge is 2.23. The molecule has 0 spiro atoms. The summed E-state index contributed by atoms with van der Waals surface area (Å²) in [6, 6.07) is 70.3. The van der Waals surface area contributed by atoms with Crippen molar-refractivity contribution in [2.75, 3.05) is 0 Å². The molecule has 12 heterocycles. The van der Waals surface area contributed by atoms with Crippen LogP contribution in [0.3, 0.4) is 0 Å². The van der Waals surface area contributed by atoms with Crippen molar-refractivity contribution < 1.29 is 0 Å². The van der Waals surface area contributed by atoms with Crippen molar-refractivity contribution in [3.63, 3.8) is 0 Å². The van der Waals surface area contributed by atoms with Crippen LogP contribution in [-0.2, 0) is 25.7 Å². The third-order valence-electron chi connectivity index (χ3n) is 16.2. The van der Waals surface area contributed by atoms with Gasteiger partial charge in [-0.05, 0) is 194 Å². The molecule has 0 nitrogen and oxygen atoms in total. The van der Waals surface area contributed by atoms with Gasteiger partial charge >= 0.3 is 0 Å². The maximum atomic E-state index is 2.48. The molecule has 0 saturated heterocycles. The first-order valence-corrected chi connectivity index (χ1v) is 40.6. The van der Waals surface area contributed by atoms with Gasteiger partial charge in [-0.15, -0.1) is 136 Å². The minimum absolute atomic E-state index is 1.03. The maximum absolute atomic E-state index is 2.48. The first kappa shape index (κ1) is 60.4. The second kappa shape index (κ2) is 27.7. The third-order valence-corrected chi connectivity index (χ3v) is 31.5. The predicted molar refractivity (Wildman–Crippen MR) is 406 cm³/mol. The molecule has 442 valence electrons. The minimum Gasteiger partial charge on any atom is -0.139 e. The van der Waals surface area contributed by atoms with Crippen molar-refractivity contribution in [1.82, 2.24) is 0 Å². The molecule has 12 heteroatoms. The monoisotopic (exact) mass is 1360 g/mol. The zero-order valence-corrected chi connectivity index (χ0v) is 59.5. The highest BCUT2D eigenvalue weighted by atomic mass is 32.1. The Hall–Kier alpha value is -5.16. The number of benzene rings is 2. The zero-order chi connectivity index (χ0) is 59.5. The molecule has 0 aliphatic rings. The third kappa shape index (κ3) is 13.3. The molecule has 0 fully saturated rings. The van der Waals surface area contributed by atoms with Crippen molar-refractivity contribution in [2.24, 2.45) is 0 Å². The fourth-order valence-corrected chi connectivity index (χ4v) is 24.8. The van der Waals surface area contributed by atoms with E-state index in [0.29, 0.717) is 0 Å². The van der Waals surface area contributed by atoms with Gasteiger partial charge in [-0.1, -0.05) is 115 Å². The molecule has 12 aromatic heterocycles. The topological polar surface area (TPSA) is 0 Å². The molecule has 88 heavy (non-hydrogen) atoms. The Balaban J connectivity index is 0.719. The highest BCUT2D eigenvalue weighted by Crippen LogP contribution is 2.54. The van der Waals surface area contributed by atoms with Crippen LogP contribution in [0.25, 0.3) is 130 Å². The van der Waals surface area contributed by atoms with Gasteiger partial charge in [0.05, 0.1) is 9.75 Å². The summed E-state index contributed by atoms with van der Waals surface area (Å²) in [6.07, 6.45) is 14.9. The maximum Gasteiger partial charge on any atom is 0.0528 e. The van der Waals surface area contributed by atoms with Crippen LogP contribution in [0.5, 0.6) is 0 Å². The van der Waals surface area contributed by atoms with Crippen molar-refractivity contribution in [1.29, 1.82) is 0 Å². The van der Waals surface area contributed by atoms with E-state index in [9.17, 15) is 0 Å². The number of unbranched alkanes of at least 4 members (excludes halogenated alkanes) is 6. The Kier molecular flexibility index (Phi) is 19.0. The van der Waals surface area contributed by atoms with E-state index in [1.54, 1.807) is 0 Å². The summed E-state index contributed by atoms with van der Waals surface area (Å²) >= 11 is 23.2. The van der Waals surface area contributed by atoms with E-state index in [1.165, 1.54) is 215 Å². The summed E-state index contributed by atoms with van der Waals surface area (Å²) in [5.74, 6) is 0. The second-order valence-corrected chi connectivity index (χ2v) is 35.4. The minimum atomic E-state index is 1.03. The molecule has 0 unspecified atom stereocenters. The lowest BCUT2D eigenvalue weighted by Crippen LogP contribution is -1.81. The van der Waals surface area contributed by atoms with E-state index < -0.39 is 0 Å². The normalized spacial score (nSPS) is 11.7. The molecule has 0 N–H and O–H groups in total. The van der Waals surface area contributed by atoms with E-state index in [4.69, 9.17) is 0 Å². The van der Waals surface area contributed by atoms with Crippen molar-refractivity contribution in [3.05, 3.63) is 203 Å². The molecular weight excluding hydrogens is 1300 g/mol. The fourth-order valence-electron chi connectivity index (χ4n) is 11.2. The summed E-state index contributed by atoms with van der Waals surface area (Å²) in [6.45, 7) is 9.06. The number of rotatable bonds is 25. The fraction of sp³-hybridized carbons (Fsp3) is 0.211. The Morgan fingerprint density at radius 3 is 0.739 bits per heavy atom. The molecule has 0 aliphatic carbocycles. The molecule has 0 radical (unpaired) electrons. The molecule has 2 aromatic carbocycles. The number of aryl methyl sites for hydroxylation is 4. The van der Waals surface area contributed by atoms with Crippen LogP contribution in [0.4, 0.5) is 0 Å². The number of hydrogen-bond acceptors (Lipinski definition) is 12. The lowest BCUT2D eigenvalue weighted by Gasteiger charge is -2.04. The van der Waals surface area contributed by atoms with Crippen molar-refractivity contribution in [3.8, 4) is 130 Å². The average Bonchev–Trinajstić information content (AvgIpc) is 1.98. The second-order valence-electron chi connectivity index (χ2n) is 22.3. The van der Waals surface area contributed by atoms with Gasteiger partial charge in [0.1, 0.15) is 0 Å². The SMILES string of the molecule is CCCCCCc1ccc(-c2ccc(-c3ccc(-c4ccc(-c5ccc(-c6sc(-c7cc(-c8ccc(CC)cc8)c(-c8ccc(-c9ccc(-c%10ccc(-c%11ccc(-c%12ccc(CCCCCC)s%12)s%11)s%10)s9)s8)s7)cc6-c6ccc(CC)cc6)s5)s4)s3)s2)s1. The van der Waals surface area contributed by atoms with Gasteiger partial charge in [-0.25, -0.2) is 0 Å². The molecule has 0 atom stereocenters. The van der Waals surface area contributed by atoms with Crippen LogP contribution in [0.2, 0.25) is 0 Å². The quantitative estimate of drug-likeness (QED) is 0.0500. The van der Waals surface area contributed by atoms with E-state index in [-0.39, 0.29) is 0 Å². The van der Waals surface area contributed by atoms with Crippen LogP contribution in [0.1, 0.15) is 99.9 Å². The average molecular weight is 1360 g/mol. The summed E-state index contributed by atoms with van der Waals surface area (Å²) in [5, 5.41) is 0. The standard InChI is InChI=1S/C76H66S12/c1-5-9-11-13-15-51-25-27-55(77-51)57-29-31-59(79-57)61-33-35-63(81-61)65-37-39-67(83-65)69-41-43-71(85-69)75-53(49-21-17-47(7-3)18-22-49)45-73(87-75)74-46-54(50-23-19-48(8-4)20-24-50)76(88-74)72-44-42-70(86-72)68-40-38-66(84-68)64-36-34-62(82-64)60-32-30-58(80-60)56-28-26-52(78-56)16-14-12-10-6-2/h17-46H,5-16H2,1-4H3. The molecule has 14 aromatic rings. The van der Waals surface area contributed by atoms with Gasteiger partial charge in [0, 0.05) is 118 Å². The number of thiophene rings is 12. The van der Waals surface area contributed by atoms with Crippen molar-refractivity contribution >= 4 is 136 Å². The van der Waals surface area contributed by atoms with Gasteiger partial charge in [-0.2, -0.15) is 0 Å². The highest BCUT2D eigenvalue weighted by molar-refractivity contribution is 7.33. The largest absolute Gasteiger partial charge is 0.139 e. The molecule has 0 amide bonds. The first-order chi connectivity index (χ1) is 43.3. The molecular formula is C76H66S12. The molecule has 0 bridgehead atoms. The van der Waals surface area contributed by atoms with Crippen LogP contribution in [0, 0.1) is 0 Å². The summed E-state index contributed by atoms with van der Waals surface area (Å²) in [4.78, 5) is 32.5. The van der Waals surface area contributed by atoms with Gasteiger partial charge < -0.3 is 0 Å². The molecule has 0 aliphatic heterocycles. The first-order valence-electron chi connectivity index (χ1n) is 30.8. The Morgan fingerprint density at radius 2 is 0.466 bits per heavy atom. The van der Waals surface area contributed by atoms with Crippen LogP contribution in [-0.4, -0.2) is 0 Å². The number of hydrogen-bond donors (Lipinski definition) is 0. The van der Waals surface area contributed by atoms with Crippen molar-refractivity contribution in [2.45, 2.75) is 105 Å². The lowest BCUT2D eigenvalue weighted by molar-refractivity contribution is 0.670. The van der Waals surface area contributed by atoms with E-state index in [1.807, 2.05) is 136 Å². The molecule has 14 rings (SSSR count). The Labute approximate surface area is 567 Å². The summed E-state index contributed by atoms with van der Waals surface area (Å²) in [7, 11) is 0. The van der Waals surface area contributed by atoms with Crippen LogP contribution >= 0.6 is 136 Å². The predicted octanol–water partition coefficient (Wildman–Crippen LogP) is 29.5. The molecule has 0 saturated carbocycles.